The molecule has 1 aromatic carbocycles. The van der Waals surface area contributed by atoms with Crippen molar-refractivity contribution in [2.24, 2.45) is 0 Å². The number of fused-ring (bicyclic) bond motifs is 1. The third-order valence-electron chi connectivity index (χ3n) is 3.19. The third kappa shape index (κ3) is 3.96. The molecule has 1 atom stereocenters. The molecule has 1 heterocycles. The number of aromatic amines is 1. The molecule has 1 aromatic heterocycles. The molecule has 4 N–H and O–H groups in total. The van der Waals surface area contributed by atoms with Crippen molar-refractivity contribution < 1.29 is 19.8 Å². The minimum atomic E-state index is -1.17. The Bertz CT molecular complexity index is 668. The lowest BCUT2D eigenvalue weighted by Crippen LogP contribution is -2.39. The summed E-state index contributed by atoms with van der Waals surface area (Å²) in [6, 6.07) is 4.42. The average Bonchev–Trinajstić information content (AvgIpc) is 2.79. The highest BCUT2D eigenvalue weighted by Crippen LogP contribution is 2.22. The predicted octanol–water partition coefficient (Wildman–Crippen LogP) is 1.88. The van der Waals surface area contributed by atoms with E-state index in [2.05, 4.69) is 10.3 Å². The van der Waals surface area contributed by atoms with E-state index < -0.39 is 24.4 Å². The van der Waals surface area contributed by atoms with E-state index in [0.29, 0.717) is 18.0 Å². The van der Waals surface area contributed by atoms with E-state index in [0.717, 1.165) is 16.5 Å². The Balaban J connectivity index is 1.99. The standard InChI is InChI=1S/C14H15ClN2O4/c15-9-1-2-11-10(5-9)8(7-17-11)3-4-16-12(14(20)21)6-13(18)19/h1-2,5,7,12,16-17H,3-4,6H2,(H,18,19)(H,20,21). The summed E-state index contributed by atoms with van der Waals surface area (Å²) in [7, 11) is 0. The summed E-state index contributed by atoms with van der Waals surface area (Å²) in [5.41, 5.74) is 1.95. The second-order valence-electron chi connectivity index (χ2n) is 4.70. The van der Waals surface area contributed by atoms with Crippen molar-refractivity contribution >= 4 is 34.4 Å². The highest BCUT2D eigenvalue weighted by molar-refractivity contribution is 6.31. The molecule has 0 spiro atoms. The molecule has 0 saturated carbocycles. The molecule has 2 aromatic rings. The van der Waals surface area contributed by atoms with E-state index in [-0.39, 0.29) is 0 Å². The molecule has 0 aliphatic heterocycles. The number of hydrogen-bond donors (Lipinski definition) is 4. The van der Waals surface area contributed by atoms with E-state index >= 15 is 0 Å². The molecule has 0 aliphatic rings. The minimum absolute atomic E-state index is 0.365. The summed E-state index contributed by atoms with van der Waals surface area (Å²) in [4.78, 5) is 24.6. The van der Waals surface area contributed by atoms with Gasteiger partial charge in [-0.1, -0.05) is 11.6 Å². The Morgan fingerprint density at radius 1 is 1.33 bits per heavy atom. The van der Waals surface area contributed by atoms with Crippen LogP contribution >= 0.6 is 11.6 Å². The van der Waals surface area contributed by atoms with Gasteiger partial charge in [0, 0.05) is 28.7 Å². The molecule has 1 unspecified atom stereocenters. The second kappa shape index (κ2) is 6.60. The lowest BCUT2D eigenvalue weighted by atomic mass is 10.1. The largest absolute Gasteiger partial charge is 0.481 e. The van der Waals surface area contributed by atoms with Crippen LogP contribution in [-0.2, 0) is 16.0 Å². The van der Waals surface area contributed by atoms with Gasteiger partial charge >= 0.3 is 11.9 Å². The van der Waals surface area contributed by atoms with Gasteiger partial charge in [-0.05, 0) is 30.2 Å². The van der Waals surface area contributed by atoms with Gasteiger partial charge in [0.05, 0.1) is 6.42 Å². The zero-order valence-electron chi connectivity index (χ0n) is 11.1. The van der Waals surface area contributed by atoms with E-state index in [1.807, 2.05) is 18.3 Å². The first-order chi connectivity index (χ1) is 9.97. The van der Waals surface area contributed by atoms with E-state index in [1.165, 1.54) is 0 Å². The number of halogens is 1. The summed E-state index contributed by atoms with van der Waals surface area (Å²) in [6.07, 6.45) is 1.97. The van der Waals surface area contributed by atoms with Crippen LogP contribution in [0.2, 0.25) is 5.02 Å². The first kappa shape index (κ1) is 15.3. The first-order valence-electron chi connectivity index (χ1n) is 6.41. The predicted molar refractivity (Wildman–Crippen MR) is 78.7 cm³/mol. The quantitative estimate of drug-likeness (QED) is 0.625. The van der Waals surface area contributed by atoms with Crippen LogP contribution in [0.3, 0.4) is 0 Å². The smallest absolute Gasteiger partial charge is 0.321 e. The maximum absolute atomic E-state index is 10.9. The van der Waals surface area contributed by atoms with Crippen molar-refractivity contribution in [3.8, 4) is 0 Å². The van der Waals surface area contributed by atoms with Crippen molar-refractivity contribution in [1.82, 2.24) is 10.3 Å². The van der Waals surface area contributed by atoms with Gasteiger partial charge in [-0.2, -0.15) is 0 Å². The van der Waals surface area contributed by atoms with Crippen molar-refractivity contribution in [2.45, 2.75) is 18.9 Å². The van der Waals surface area contributed by atoms with Crippen LogP contribution in [0.25, 0.3) is 10.9 Å². The highest BCUT2D eigenvalue weighted by atomic mass is 35.5. The van der Waals surface area contributed by atoms with Gasteiger partial charge in [0.15, 0.2) is 0 Å². The van der Waals surface area contributed by atoms with Gasteiger partial charge in [0.25, 0.3) is 0 Å². The molecular weight excluding hydrogens is 296 g/mol. The lowest BCUT2D eigenvalue weighted by molar-refractivity contribution is -0.145. The summed E-state index contributed by atoms with van der Waals surface area (Å²) in [5.74, 6) is -2.31. The fourth-order valence-corrected chi connectivity index (χ4v) is 2.33. The monoisotopic (exact) mass is 310 g/mol. The third-order valence-corrected chi connectivity index (χ3v) is 3.43. The number of carbonyl (C=O) groups is 2. The summed E-state index contributed by atoms with van der Waals surface area (Å²) in [5, 5.41) is 22.0. The molecule has 0 amide bonds. The van der Waals surface area contributed by atoms with Gasteiger partial charge < -0.3 is 20.5 Å². The fraction of sp³-hybridized carbons (Fsp3) is 0.286. The number of benzene rings is 1. The average molecular weight is 311 g/mol. The Morgan fingerprint density at radius 3 is 2.76 bits per heavy atom. The molecule has 0 bridgehead atoms. The number of aromatic nitrogens is 1. The Kier molecular flexibility index (Phi) is 4.82. The summed E-state index contributed by atoms with van der Waals surface area (Å²) in [6.45, 7) is 0.365. The molecule has 2 rings (SSSR count). The lowest BCUT2D eigenvalue weighted by Gasteiger charge is -2.11. The van der Waals surface area contributed by atoms with Crippen LogP contribution in [0.1, 0.15) is 12.0 Å². The minimum Gasteiger partial charge on any atom is -0.481 e. The van der Waals surface area contributed by atoms with Gasteiger partial charge in [-0.3, -0.25) is 9.59 Å². The van der Waals surface area contributed by atoms with Crippen LogP contribution in [0.5, 0.6) is 0 Å². The van der Waals surface area contributed by atoms with Gasteiger partial charge in [-0.25, -0.2) is 0 Å². The van der Waals surface area contributed by atoms with Crippen molar-refractivity contribution in [3.63, 3.8) is 0 Å². The van der Waals surface area contributed by atoms with Gasteiger partial charge in [0.1, 0.15) is 6.04 Å². The Morgan fingerprint density at radius 2 is 2.10 bits per heavy atom. The number of carboxylic acids is 2. The molecule has 21 heavy (non-hydrogen) atoms. The van der Waals surface area contributed by atoms with Crippen molar-refractivity contribution in [2.75, 3.05) is 6.54 Å². The maximum atomic E-state index is 10.9. The first-order valence-corrected chi connectivity index (χ1v) is 6.78. The Labute approximate surface area is 125 Å². The molecule has 112 valence electrons. The number of carboxylic acid groups (broad SMARTS) is 2. The second-order valence-corrected chi connectivity index (χ2v) is 5.13. The molecule has 0 fully saturated rings. The van der Waals surface area contributed by atoms with Gasteiger partial charge in [0.2, 0.25) is 0 Å². The number of hydrogen-bond acceptors (Lipinski definition) is 3. The fourth-order valence-electron chi connectivity index (χ4n) is 2.16. The zero-order valence-corrected chi connectivity index (χ0v) is 11.9. The number of rotatable bonds is 7. The van der Waals surface area contributed by atoms with Crippen LogP contribution in [0.4, 0.5) is 0 Å². The normalized spacial score (nSPS) is 12.4. The van der Waals surface area contributed by atoms with Gasteiger partial charge in [-0.15, -0.1) is 0 Å². The molecule has 6 nitrogen and oxygen atoms in total. The number of aliphatic carboxylic acids is 2. The molecule has 0 radical (unpaired) electrons. The highest BCUT2D eigenvalue weighted by Gasteiger charge is 2.20. The van der Waals surface area contributed by atoms with Crippen LogP contribution in [-0.4, -0.2) is 39.7 Å². The zero-order chi connectivity index (χ0) is 15.4. The number of H-pyrrole nitrogens is 1. The van der Waals surface area contributed by atoms with Crippen molar-refractivity contribution in [1.29, 1.82) is 0 Å². The Hall–Kier alpha value is -2.05. The molecule has 7 heteroatoms. The molecule has 0 aliphatic carbocycles. The SMILES string of the molecule is O=C(O)CC(NCCc1c[nH]c2ccc(Cl)cc12)C(=O)O. The molecular formula is C14H15ClN2O4. The summed E-state index contributed by atoms with van der Waals surface area (Å²) >= 11 is 5.96. The maximum Gasteiger partial charge on any atom is 0.321 e. The summed E-state index contributed by atoms with van der Waals surface area (Å²) < 4.78 is 0. The number of nitrogens with one attached hydrogen (secondary N) is 2. The van der Waals surface area contributed by atoms with Crippen LogP contribution in [0.15, 0.2) is 24.4 Å². The van der Waals surface area contributed by atoms with E-state index in [1.54, 1.807) is 6.07 Å². The topological polar surface area (TPSA) is 102 Å². The van der Waals surface area contributed by atoms with E-state index in [4.69, 9.17) is 21.8 Å². The van der Waals surface area contributed by atoms with Crippen molar-refractivity contribution in [3.05, 3.63) is 35.0 Å². The van der Waals surface area contributed by atoms with Crippen LogP contribution in [0, 0.1) is 0 Å². The van der Waals surface area contributed by atoms with E-state index in [9.17, 15) is 9.59 Å². The molecule has 0 saturated heterocycles. The van der Waals surface area contributed by atoms with Crippen LogP contribution < -0.4 is 5.32 Å².